The van der Waals surface area contributed by atoms with Crippen LogP contribution in [0.4, 0.5) is 0 Å². The third-order valence-corrected chi connectivity index (χ3v) is 4.60. The number of nitrogens with one attached hydrogen (secondary N) is 1. The molecule has 1 amide bonds. The minimum Gasteiger partial charge on any atom is -0.459 e. The van der Waals surface area contributed by atoms with Crippen molar-refractivity contribution in [2.75, 3.05) is 0 Å². The highest BCUT2D eigenvalue weighted by Crippen LogP contribution is 2.28. The zero-order valence-electron chi connectivity index (χ0n) is 11.8. The molecule has 3 aromatic rings. The molecule has 0 bridgehead atoms. The number of carbonyl (C=O) groups excluding carboxylic acids is 1. The Morgan fingerprint density at radius 1 is 1.32 bits per heavy atom. The lowest BCUT2D eigenvalue weighted by Crippen LogP contribution is -2.22. The highest BCUT2D eigenvalue weighted by atomic mass is 35.5. The van der Waals surface area contributed by atoms with E-state index in [4.69, 9.17) is 16.0 Å². The third kappa shape index (κ3) is 3.21. The van der Waals surface area contributed by atoms with Crippen molar-refractivity contribution in [1.29, 1.82) is 0 Å². The third-order valence-electron chi connectivity index (χ3n) is 3.14. The first-order valence-corrected chi connectivity index (χ1v) is 7.87. The SMILES string of the molecule is Cc1nc(-c2ccc(Cl)cc2)sc1CNC(=O)c1ccco1. The van der Waals surface area contributed by atoms with Crippen molar-refractivity contribution in [3.63, 3.8) is 0 Å². The molecular weight excluding hydrogens is 320 g/mol. The molecular formula is C16H13ClN2O2S. The van der Waals surface area contributed by atoms with Gasteiger partial charge in [0.15, 0.2) is 5.76 Å². The highest BCUT2D eigenvalue weighted by molar-refractivity contribution is 7.15. The van der Waals surface area contributed by atoms with Crippen LogP contribution in [-0.4, -0.2) is 10.9 Å². The molecule has 0 saturated carbocycles. The van der Waals surface area contributed by atoms with Gasteiger partial charge in [0.2, 0.25) is 0 Å². The zero-order chi connectivity index (χ0) is 15.5. The summed E-state index contributed by atoms with van der Waals surface area (Å²) in [4.78, 5) is 17.4. The number of hydrogen-bond donors (Lipinski definition) is 1. The van der Waals surface area contributed by atoms with E-state index in [-0.39, 0.29) is 5.91 Å². The molecule has 2 heterocycles. The van der Waals surface area contributed by atoms with E-state index in [0.29, 0.717) is 17.3 Å². The molecule has 0 saturated heterocycles. The van der Waals surface area contributed by atoms with Crippen molar-refractivity contribution >= 4 is 28.8 Å². The Kier molecular flexibility index (Phi) is 4.27. The minimum atomic E-state index is -0.231. The van der Waals surface area contributed by atoms with Gasteiger partial charge >= 0.3 is 0 Å². The normalized spacial score (nSPS) is 10.6. The first-order chi connectivity index (χ1) is 10.6. The van der Waals surface area contributed by atoms with Gasteiger partial charge < -0.3 is 9.73 Å². The van der Waals surface area contributed by atoms with Gasteiger partial charge in [0.25, 0.3) is 5.91 Å². The van der Waals surface area contributed by atoms with Crippen molar-refractivity contribution in [1.82, 2.24) is 10.3 Å². The first-order valence-electron chi connectivity index (χ1n) is 6.67. The number of nitrogens with zero attached hydrogens (tertiary/aromatic N) is 1. The number of amides is 1. The number of benzene rings is 1. The number of halogens is 1. The number of carbonyl (C=O) groups is 1. The van der Waals surface area contributed by atoms with E-state index in [1.54, 1.807) is 23.5 Å². The molecule has 3 rings (SSSR count). The van der Waals surface area contributed by atoms with Crippen LogP contribution in [0, 0.1) is 6.92 Å². The fraction of sp³-hybridized carbons (Fsp3) is 0.125. The van der Waals surface area contributed by atoms with Gasteiger partial charge in [0.1, 0.15) is 5.01 Å². The summed E-state index contributed by atoms with van der Waals surface area (Å²) in [6, 6.07) is 10.9. The van der Waals surface area contributed by atoms with E-state index in [0.717, 1.165) is 21.1 Å². The van der Waals surface area contributed by atoms with Crippen LogP contribution in [0.3, 0.4) is 0 Å². The maximum absolute atomic E-state index is 11.9. The molecule has 2 aromatic heterocycles. The molecule has 1 aromatic carbocycles. The average molecular weight is 333 g/mol. The first kappa shape index (κ1) is 14.8. The van der Waals surface area contributed by atoms with E-state index in [1.165, 1.54) is 6.26 Å². The molecule has 0 radical (unpaired) electrons. The summed E-state index contributed by atoms with van der Waals surface area (Å²) in [5.41, 5.74) is 1.93. The van der Waals surface area contributed by atoms with Gasteiger partial charge in [0, 0.05) is 15.5 Å². The zero-order valence-corrected chi connectivity index (χ0v) is 13.4. The largest absolute Gasteiger partial charge is 0.459 e. The van der Waals surface area contributed by atoms with Crippen LogP contribution in [0.5, 0.6) is 0 Å². The van der Waals surface area contributed by atoms with E-state index >= 15 is 0 Å². The second kappa shape index (κ2) is 6.34. The van der Waals surface area contributed by atoms with Crippen molar-refractivity contribution in [2.24, 2.45) is 0 Å². The van der Waals surface area contributed by atoms with Gasteiger partial charge in [-0.25, -0.2) is 4.98 Å². The van der Waals surface area contributed by atoms with Crippen molar-refractivity contribution in [3.05, 3.63) is 64.0 Å². The molecule has 112 valence electrons. The van der Waals surface area contributed by atoms with Gasteiger partial charge in [-0.1, -0.05) is 23.7 Å². The Balaban J connectivity index is 1.72. The van der Waals surface area contributed by atoms with Crippen LogP contribution in [-0.2, 0) is 6.54 Å². The molecule has 0 aliphatic heterocycles. The summed E-state index contributed by atoms with van der Waals surface area (Å²) in [5, 5.41) is 4.44. The summed E-state index contributed by atoms with van der Waals surface area (Å²) in [6.07, 6.45) is 1.48. The molecule has 1 N–H and O–H groups in total. The fourth-order valence-electron chi connectivity index (χ4n) is 1.96. The van der Waals surface area contributed by atoms with Gasteiger partial charge in [-0.05, 0) is 31.2 Å². The number of aromatic nitrogens is 1. The van der Waals surface area contributed by atoms with Crippen LogP contribution in [0.25, 0.3) is 10.6 Å². The molecule has 0 atom stereocenters. The number of rotatable bonds is 4. The number of hydrogen-bond acceptors (Lipinski definition) is 4. The number of thiazole rings is 1. The minimum absolute atomic E-state index is 0.231. The maximum Gasteiger partial charge on any atom is 0.287 e. The Hall–Kier alpha value is -2.11. The van der Waals surface area contributed by atoms with Crippen molar-refractivity contribution in [3.8, 4) is 10.6 Å². The predicted molar refractivity (Wildman–Crippen MR) is 87.2 cm³/mol. The standard InChI is InChI=1S/C16H13ClN2O2S/c1-10-14(9-18-15(20)13-3-2-8-21-13)22-16(19-10)11-4-6-12(17)7-5-11/h2-8H,9H2,1H3,(H,18,20). The molecule has 4 nitrogen and oxygen atoms in total. The monoisotopic (exact) mass is 332 g/mol. The van der Waals surface area contributed by atoms with Gasteiger partial charge in [0.05, 0.1) is 18.5 Å². The molecule has 6 heteroatoms. The van der Waals surface area contributed by atoms with Crippen LogP contribution >= 0.6 is 22.9 Å². The summed E-state index contributed by atoms with van der Waals surface area (Å²) in [6.45, 7) is 2.36. The molecule has 0 aliphatic carbocycles. The Labute approximate surface area is 136 Å². The molecule has 0 aliphatic rings. The van der Waals surface area contributed by atoms with Crippen LogP contribution in [0.15, 0.2) is 47.1 Å². The van der Waals surface area contributed by atoms with Crippen molar-refractivity contribution in [2.45, 2.75) is 13.5 Å². The summed E-state index contributed by atoms with van der Waals surface area (Å²) in [7, 11) is 0. The molecule has 0 fully saturated rings. The lowest BCUT2D eigenvalue weighted by atomic mass is 10.2. The van der Waals surface area contributed by atoms with E-state index in [2.05, 4.69) is 10.3 Å². The Morgan fingerprint density at radius 2 is 2.09 bits per heavy atom. The second-order valence-corrected chi connectivity index (χ2v) is 6.21. The highest BCUT2D eigenvalue weighted by Gasteiger charge is 2.12. The lowest BCUT2D eigenvalue weighted by Gasteiger charge is -2.01. The molecule has 22 heavy (non-hydrogen) atoms. The fourth-order valence-corrected chi connectivity index (χ4v) is 3.10. The van der Waals surface area contributed by atoms with E-state index in [9.17, 15) is 4.79 Å². The lowest BCUT2D eigenvalue weighted by molar-refractivity contribution is 0.0923. The number of furan rings is 1. The van der Waals surface area contributed by atoms with Crippen molar-refractivity contribution < 1.29 is 9.21 Å². The quantitative estimate of drug-likeness (QED) is 0.775. The number of aryl methyl sites for hydroxylation is 1. The van der Waals surface area contributed by atoms with Gasteiger partial charge in [-0.3, -0.25) is 4.79 Å². The average Bonchev–Trinajstić information content (AvgIpc) is 3.15. The summed E-state index contributed by atoms with van der Waals surface area (Å²) >= 11 is 7.45. The topological polar surface area (TPSA) is 55.1 Å². The Bertz CT molecular complexity index is 779. The van der Waals surface area contributed by atoms with Crippen LogP contribution in [0.1, 0.15) is 21.1 Å². The van der Waals surface area contributed by atoms with E-state index in [1.807, 2.05) is 31.2 Å². The predicted octanol–water partition coefficient (Wildman–Crippen LogP) is 4.29. The second-order valence-electron chi connectivity index (χ2n) is 4.69. The molecule has 0 unspecified atom stereocenters. The van der Waals surface area contributed by atoms with Crippen LogP contribution < -0.4 is 5.32 Å². The van der Waals surface area contributed by atoms with E-state index < -0.39 is 0 Å². The summed E-state index contributed by atoms with van der Waals surface area (Å²) < 4.78 is 5.06. The Morgan fingerprint density at radius 3 is 2.77 bits per heavy atom. The van der Waals surface area contributed by atoms with Gasteiger partial charge in [-0.2, -0.15) is 0 Å². The van der Waals surface area contributed by atoms with Crippen LogP contribution in [0.2, 0.25) is 5.02 Å². The van der Waals surface area contributed by atoms with Gasteiger partial charge in [-0.15, -0.1) is 11.3 Å². The summed E-state index contributed by atoms with van der Waals surface area (Å²) in [5.74, 6) is 0.0749. The smallest absolute Gasteiger partial charge is 0.287 e. The maximum atomic E-state index is 11.9. The molecule has 0 spiro atoms.